The van der Waals surface area contributed by atoms with Crippen molar-refractivity contribution in [2.75, 3.05) is 9.80 Å². The van der Waals surface area contributed by atoms with E-state index >= 15 is 0 Å². The van der Waals surface area contributed by atoms with Gasteiger partial charge in [-0.05, 0) is 192 Å². The Hall–Kier alpha value is -6.64. The van der Waals surface area contributed by atoms with Gasteiger partial charge >= 0.3 is 0 Å². The molecule has 0 atom stereocenters. The molecule has 60 heavy (non-hydrogen) atoms. The van der Waals surface area contributed by atoms with Crippen molar-refractivity contribution in [3.05, 3.63) is 208 Å². The van der Waals surface area contributed by atoms with E-state index in [1.54, 1.807) is 0 Å². The maximum atomic E-state index is 2.53. The van der Waals surface area contributed by atoms with Crippen molar-refractivity contribution < 1.29 is 0 Å². The Labute approximate surface area is 354 Å². The molecule has 8 aromatic carbocycles. The minimum Gasteiger partial charge on any atom is -0.310 e. The predicted octanol–water partition coefficient (Wildman–Crippen LogP) is 15.9. The van der Waals surface area contributed by atoms with E-state index in [-0.39, 0.29) is 0 Å². The topological polar surface area (TPSA) is 6.48 Å². The fourth-order valence-electron chi connectivity index (χ4n) is 10.7. The summed E-state index contributed by atoms with van der Waals surface area (Å²) < 4.78 is 0. The van der Waals surface area contributed by atoms with Crippen molar-refractivity contribution in [1.29, 1.82) is 0 Å². The molecule has 0 spiro atoms. The fraction of sp³-hybridized carbons (Fsp3) is 0.172. The second-order valence-electron chi connectivity index (χ2n) is 17.4. The molecule has 0 bridgehead atoms. The number of allylic oxidation sites excluding steroid dienone is 4. The molecule has 0 radical (unpaired) electrons. The summed E-state index contributed by atoms with van der Waals surface area (Å²) in [7, 11) is 0. The van der Waals surface area contributed by atoms with Crippen LogP contribution in [0.1, 0.15) is 65.6 Å². The van der Waals surface area contributed by atoms with E-state index in [1.807, 2.05) is 0 Å². The first-order valence-electron chi connectivity index (χ1n) is 21.8. The molecule has 0 saturated heterocycles. The van der Waals surface area contributed by atoms with Crippen molar-refractivity contribution in [1.82, 2.24) is 0 Å². The Morgan fingerprint density at radius 1 is 0.383 bits per heavy atom. The zero-order chi connectivity index (χ0) is 40.5. The molecule has 3 aliphatic rings. The molecule has 2 heterocycles. The third kappa shape index (κ3) is 6.00. The quantitative estimate of drug-likeness (QED) is 0.164. The highest BCUT2D eigenvalue weighted by molar-refractivity contribution is 6.21. The predicted molar refractivity (Wildman–Crippen MR) is 256 cm³/mol. The smallest absolute Gasteiger partial charge is 0.0493 e. The number of hydrogen-bond acceptors (Lipinski definition) is 2. The van der Waals surface area contributed by atoms with E-state index in [2.05, 4.69) is 195 Å². The summed E-state index contributed by atoms with van der Waals surface area (Å²) in [5.41, 5.74) is 23.9. The number of hydrogen-bond donors (Lipinski definition) is 0. The number of anilines is 6. The fourth-order valence-corrected chi connectivity index (χ4v) is 10.7. The van der Waals surface area contributed by atoms with Crippen molar-refractivity contribution >= 4 is 61.2 Å². The molecular weight excluding hydrogens is 725 g/mol. The van der Waals surface area contributed by atoms with Crippen molar-refractivity contribution in [3.8, 4) is 11.1 Å². The third-order valence-electron chi connectivity index (χ3n) is 13.5. The Kier molecular flexibility index (Phi) is 8.85. The van der Waals surface area contributed by atoms with Crippen LogP contribution < -0.4 is 9.80 Å². The number of nitrogens with zero attached hydrogens (tertiary/aromatic N) is 2. The largest absolute Gasteiger partial charge is 0.310 e. The van der Waals surface area contributed by atoms with Gasteiger partial charge in [-0.3, -0.25) is 0 Å². The van der Waals surface area contributed by atoms with E-state index in [9.17, 15) is 0 Å². The first-order valence-corrected chi connectivity index (χ1v) is 21.8. The van der Waals surface area contributed by atoms with Crippen molar-refractivity contribution in [3.63, 3.8) is 0 Å². The van der Waals surface area contributed by atoms with E-state index < -0.39 is 0 Å². The lowest BCUT2D eigenvalue weighted by Gasteiger charge is -2.30. The molecule has 0 amide bonds. The molecular formula is C58H50N2. The van der Waals surface area contributed by atoms with Gasteiger partial charge in [0.25, 0.3) is 0 Å². The van der Waals surface area contributed by atoms with Gasteiger partial charge in [0.15, 0.2) is 0 Å². The average molecular weight is 775 g/mol. The van der Waals surface area contributed by atoms with Crippen LogP contribution in [0.25, 0.3) is 38.2 Å². The molecule has 2 aliphatic heterocycles. The molecule has 2 heteroatoms. The monoisotopic (exact) mass is 774 g/mol. The highest BCUT2D eigenvalue weighted by atomic mass is 15.2. The Morgan fingerprint density at radius 2 is 0.833 bits per heavy atom. The third-order valence-corrected chi connectivity index (χ3v) is 13.5. The molecule has 0 fully saturated rings. The van der Waals surface area contributed by atoms with Gasteiger partial charge in [-0.1, -0.05) is 120 Å². The summed E-state index contributed by atoms with van der Waals surface area (Å²) in [6.07, 6.45) is 8.62. The SMILES string of the molecule is CC1=CC(C)=C(c2c3cc(N4c5ccccc5CCc5ccccc54)ccc3c(-c3ccc(C)cc3C)c3cc(N4c5ccccc5CCc5ccccc54)ccc23)CC1. The van der Waals surface area contributed by atoms with Gasteiger partial charge in [0.05, 0.1) is 0 Å². The van der Waals surface area contributed by atoms with Crippen LogP contribution in [0.2, 0.25) is 0 Å². The van der Waals surface area contributed by atoms with Crippen LogP contribution in [0.5, 0.6) is 0 Å². The summed E-state index contributed by atoms with van der Waals surface area (Å²) in [5, 5.41) is 5.22. The Bertz CT molecular complexity index is 3010. The van der Waals surface area contributed by atoms with Crippen LogP contribution in [0.15, 0.2) is 169 Å². The summed E-state index contributed by atoms with van der Waals surface area (Å²) in [6, 6.07) is 57.8. The highest BCUT2D eigenvalue weighted by Gasteiger charge is 2.28. The zero-order valence-electron chi connectivity index (χ0n) is 35.1. The van der Waals surface area contributed by atoms with Gasteiger partial charge in [0.1, 0.15) is 0 Å². The molecule has 292 valence electrons. The Balaban J connectivity index is 1.26. The van der Waals surface area contributed by atoms with E-state index in [1.165, 1.54) is 122 Å². The molecule has 0 saturated carbocycles. The maximum absolute atomic E-state index is 2.53. The van der Waals surface area contributed by atoms with E-state index in [4.69, 9.17) is 0 Å². The van der Waals surface area contributed by atoms with E-state index in [0.29, 0.717) is 0 Å². The van der Waals surface area contributed by atoms with Gasteiger partial charge < -0.3 is 9.80 Å². The lowest BCUT2D eigenvalue weighted by Crippen LogP contribution is -2.12. The molecule has 8 aromatic rings. The average Bonchev–Trinajstić information content (AvgIpc) is 3.54. The lowest BCUT2D eigenvalue weighted by molar-refractivity contribution is 0.965. The van der Waals surface area contributed by atoms with Gasteiger partial charge in [-0.25, -0.2) is 0 Å². The first kappa shape index (κ1) is 36.4. The molecule has 0 aromatic heterocycles. The van der Waals surface area contributed by atoms with Crippen molar-refractivity contribution in [2.24, 2.45) is 0 Å². The molecule has 0 N–H and O–H groups in total. The highest BCUT2D eigenvalue weighted by Crippen LogP contribution is 2.51. The van der Waals surface area contributed by atoms with Crippen LogP contribution >= 0.6 is 0 Å². The van der Waals surface area contributed by atoms with Gasteiger partial charge in [0.2, 0.25) is 0 Å². The summed E-state index contributed by atoms with van der Waals surface area (Å²) >= 11 is 0. The maximum Gasteiger partial charge on any atom is 0.0493 e. The number of benzene rings is 8. The standard InChI is InChI=1S/C58H50N2/c1-37-21-29-47(39(3)33-37)57-49-31-27-46(60-55-19-11-7-15-43(55)25-26-44-16-8-12-20-56(44)60)36-52(49)58(48-30-22-38(2)34-40(48)4)50-32-28-45(35-51(50)57)59-53-17-9-5-13-41(53)23-24-42-14-6-10-18-54(42)59/h5-21,27-29,31-36H,22-26,30H2,1-4H3. The van der Waals surface area contributed by atoms with Gasteiger partial charge in [-0.2, -0.15) is 0 Å². The summed E-state index contributed by atoms with van der Waals surface area (Å²) in [5.74, 6) is 0. The molecule has 11 rings (SSSR count). The number of rotatable bonds is 4. The normalized spacial score (nSPS) is 14.9. The second kappa shape index (κ2) is 14.6. The number of para-hydroxylation sites is 4. The van der Waals surface area contributed by atoms with Gasteiger partial charge in [-0.15, -0.1) is 0 Å². The van der Waals surface area contributed by atoms with Crippen LogP contribution in [0.3, 0.4) is 0 Å². The minimum absolute atomic E-state index is 1.02. The van der Waals surface area contributed by atoms with Crippen molar-refractivity contribution in [2.45, 2.75) is 66.2 Å². The number of aryl methyl sites for hydroxylation is 6. The van der Waals surface area contributed by atoms with E-state index in [0.717, 1.165) is 38.5 Å². The van der Waals surface area contributed by atoms with Crippen LogP contribution in [-0.2, 0) is 25.7 Å². The first-order chi connectivity index (χ1) is 29.4. The molecule has 0 unspecified atom stereocenters. The minimum atomic E-state index is 1.02. The van der Waals surface area contributed by atoms with Crippen LogP contribution in [0, 0.1) is 13.8 Å². The van der Waals surface area contributed by atoms with Gasteiger partial charge in [0, 0.05) is 34.1 Å². The second-order valence-corrected chi connectivity index (χ2v) is 17.4. The summed E-state index contributed by atoms with van der Waals surface area (Å²) in [4.78, 5) is 5.06. The molecule has 2 nitrogen and oxygen atoms in total. The lowest BCUT2D eigenvalue weighted by atomic mass is 9.80. The Morgan fingerprint density at radius 3 is 1.30 bits per heavy atom. The molecule has 1 aliphatic carbocycles. The van der Waals surface area contributed by atoms with Crippen LogP contribution in [0.4, 0.5) is 34.1 Å². The number of fused-ring (bicyclic) bond motifs is 6. The van der Waals surface area contributed by atoms with Crippen LogP contribution in [-0.4, -0.2) is 0 Å². The zero-order valence-corrected chi connectivity index (χ0v) is 35.1. The summed E-state index contributed by atoms with van der Waals surface area (Å²) in [6.45, 7) is 9.12.